The Kier molecular flexibility index (Phi) is 4.35. The molecule has 0 aliphatic carbocycles. The third kappa shape index (κ3) is 2.98. The average Bonchev–Trinajstić information content (AvgIpc) is 2.97. The van der Waals surface area contributed by atoms with Crippen LogP contribution in [0.3, 0.4) is 0 Å². The summed E-state index contributed by atoms with van der Waals surface area (Å²) in [7, 11) is 1.35. The Bertz CT molecular complexity index is 832. The van der Waals surface area contributed by atoms with Crippen molar-refractivity contribution in [2.75, 3.05) is 33.3 Å². The normalized spacial score (nSPS) is 25.4. The molecule has 2 aromatic rings. The van der Waals surface area contributed by atoms with Crippen molar-refractivity contribution in [1.29, 1.82) is 0 Å². The van der Waals surface area contributed by atoms with Crippen molar-refractivity contribution in [3.8, 4) is 0 Å². The van der Waals surface area contributed by atoms with Gasteiger partial charge >= 0.3 is 11.7 Å². The maximum Gasteiger partial charge on any atom is 0.340 e. The first kappa shape index (κ1) is 16.4. The second-order valence-corrected chi connectivity index (χ2v) is 6.97. The number of hydrogen-bond donors (Lipinski definition) is 2. The van der Waals surface area contributed by atoms with Crippen LogP contribution in [0.1, 0.15) is 23.2 Å². The Morgan fingerprint density at radius 1 is 1.36 bits per heavy atom. The highest BCUT2D eigenvalue weighted by atomic mass is 16.5. The fraction of sp³-hybridized carbons (Fsp3) is 0.556. The van der Waals surface area contributed by atoms with Crippen LogP contribution in [0.15, 0.2) is 23.0 Å². The molecule has 0 spiro atoms. The van der Waals surface area contributed by atoms with Crippen LogP contribution >= 0.6 is 0 Å². The lowest BCUT2D eigenvalue weighted by Crippen LogP contribution is -2.56. The predicted molar refractivity (Wildman–Crippen MR) is 94.9 cm³/mol. The number of nitrogens with one attached hydrogen (secondary N) is 2. The van der Waals surface area contributed by atoms with Gasteiger partial charge in [0, 0.05) is 25.7 Å². The van der Waals surface area contributed by atoms with Crippen LogP contribution in [-0.4, -0.2) is 59.8 Å². The summed E-state index contributed by atoms with van der Waals surface area (Å²) < 4.78 is 6.49. The smallest absolute Gasteiger partial charge is 0.340 e. The molecule has 2 bridgehead atoms. The van der Waals surface area contributed by atoms with Gasteiger partial charge in [0.05, 0.1) is 23.7 Å². The number of aromatic nitrogens is 2. The van der Waals surface area contributed by atoms with Crippen LogP contribution in [0, 0.1) is 5.92 Å². The van der Waals surface area contributed by atoms with Crippen LogP contribution in [-0.2, 0) is 11.3 Å². The molecule has 0 radical (unpaired) electrons. The molecule has 5 rings (SSSR count). The second kappa shape index (κ2) is 6.65. The second-order valence-electron chi connectivity index (χ2n) is 6.97. The summed E-state index contributed by atoms with van der Waals surface area (Å²) in [5.74, 6) is 0.319. The Hall–Kier alpha value is -2.12. The Labute approximate surface area is 146 Å². The lowest BCUT2D eigenvalue weighted by atomic mass is 9.84. The summed E-state index contributed by atoms with van der Waals surface area (Å²) in [6.45, 7) is 4.76. The molecule has 4 heterocycles. The molecule has 3 saturated heterocycles. The molecular weight excluding hydrogens is 320 g/mol. The van der Waals surface area contributed by atoms with E-state index in [4.69, 9.17) is 4.74 Å². The number of hydrogen-bond acceptors (Lipinski definition) is 5. The molecule has 1 aromatic heterocycles. The van der Waals surface area contributed by atoms with Crippen molar-refractivity contribution in [2.45, 2.75) is 25.4 Å². The first-order valence-corrected chi connectivity index (χ1v) is 8.93. The summed E-state index contributed by atoms with van der Waals surface area (Å²) in [6, 6.07) is 5.75. The fourth-order valence-electron chi connectivity index (χ4n) is 4.27. The number of carbonyl (C=O) groups is 1. The van der Waals surface area contributed by atoms with Crippen molar-refractivity contribution < 1.29 is 9.53 Å². The van der Waals surface area contributed by atoms with Crippen molar-refractivity contribution >= 4 is 17.0 Å². The number of imidazole rings is 1. The number of ether oxygens (including phenoxy) is 1. The van der Waals surface area contributed by atoms with E-state index in [-0.39, 0.29) is 5.69 Å². The van der Waals surface area contributed by atoms with Gasteiger partial charge in [-0.25, -0.2) is 9.59 Å². The molecule has 134 valence electrons. The monoisotopic (exact) mass is 344 g/mol. The molecular formula is C18H24N4O3. The Morgan fingerprint density at radius 3 is 2.84 bits per heavy atom. The molecule has 7 nitrogen and oxygen atoms in total. The molecule has 7 heteroatoms. The predicted octanol–water partition coefficient (Wildman–Crippen LogP) is 0.800. The molecule has 0 saturated carbocycles. The molecule has 3 fully saturated rings. The highest BCUT2D eigenvalue weighted by Gasteiger charge is 2.33. The first-order chi connectivity index (χ1) is 12.2. The zero-order valence-corrected chi connectivity index (χ0v) is 14.5. The van der Waals surface area contributed by atoms with Crippen LogP contribution in [0.5, 0.6) is 0 Å². The van der Waals surface area contributed by atoms with Gasteiger partial charge in [0.15, 0.2) is 0 Å². The van der Waals surface area contributed by atoms with Gasteiger partial charge in [0.1, 0.15) is 0 Å². The number of fused-ring (bicyclic) bond motifs is 4. The van der Waals surface area contributed by atoms with Gasteiger partial charge in [-0.3, -0.25) is 4.57 Å². The van der Waals surface area contributed by atoms with Crippen LogP contribution in [0.2, 0.25) is 0 Å². The number of para-hydroxylation sites is 1. The largest absolute Gasteiger partial charge is 0.465 e. The summed E-state index contributed by atoms with van der Waals surface area (Å²) in [6.07, 6.45) is 2.52. The highest BCUT2D eigenvalue weighted by Crippen LogP contribution is 2.27. The maximum atomic E-state index is 12.3. The number of benzene rings is 1. The quantitative estimate of drug-likeness (QED) is 0.785. The van der Waals surface area contributed by atoms with Gasteiger partial charge in [-0.1, -0.05) is 6.07 Å². The zero-order valence-electron chi connectivity index (χ0n) is 14.5. The topological polar surface area (TPSA) is 79.4 Å². The molecule has 1 aromatic carbocycles. The van der Waals surface area contributed by atoms with E-state index in [1.807, 2.05) is 0 Å². The van der Waals surface area contributed by atoms with Crippen molar-refractivity contribution in [3.05, 3.63) is 34.2 Å². The minimum absolute atomic E-state index is 0.193. The van der Waals surface area contributed by atoms with Gasteiger partial charge in [0.2, 0.25) is 0 Å². The summed E-state index contributed by atoms with van der Waals surface area (Å²) in [4.78, 5) is 29.7. The van der Waals surface area contributed by atoms with E-state index < -0.39 is 5.97 Å². The van der Waals surface area contributed by atoms with Crippen molar-refractivity contribution in [1.82, 2.24) is 19.8 Å². The molecule has 3 aliphatic rings. The summed E-state index contributed by atoms with van der Waals surface area (Å²) in [5, 5.41) is 3.61. The van der Waals surface area contributed by atoms with Crippen LogP contribution in [0.4, 0.5) is 0 Å². The minimum atomic E-state index is -0.427. The molecule has 0 amide bonds. The van der Waals surface area contributed by atoms with E-state index in [0.29, 0.717) is 35.7 Å². The standard InChI is InChI=1S/C18H24N4O3/c1-25-17(23)13-3-2-4-14-16(13)22(18(24)20-14)10-7-19-15-11-21-8-5-12(15)6-9-21/h2-4,12,15,19H,5-11H2,1H3,(H,20,24). The fourth-order valence-corrected chi connectivity index (χ4v) is 4.27. The summed E-state index contributed by atoms with van der Waals surface area (Å²) >= 11 is 0. The van der Waals surface area contributed by atoms with E-state index in [2.05, 4.69) is 15.2 Å². The molecule has 1 atom stereocenters. The summed E-state index contributed by atoms with van der Waals surface area (Å²) in [5.41, 5.74) is 1.51. The number of carbonyl (C=O) groups excluding carboxylic acids is 1. The van der Waals surface area contributed by atoms with E-state index in [1.165, 1.54) is 33.0 Å². The average molecular weight is 344 g/mol. The third-order valence-electron chi connectivity index (χ3n) is 5.60. The third-order valence-corrected chi connectivity index (χ3v) is 5.60. The van der Waals surface area contributed by atoms with E-state index in [1.54, 1.807) is 22.8 Å². The highest BCUT2D eigenvalue weighted by molar-refractivity contribution is 6.02. The number of aromatic amines is 1. The zero-order chi connectivity index (χ0) is 17.4. The van der Waals surface area contributed by atoms with Gasteiger partial charge in [-0.2, -0.15) is 0 Å². The number of nitrogens with zero attached hydrogens (tertiary/aromatic N) is 2. The van der Waals surface area contributed by atoms with Gasteiger partial charge in [0.25, 0.3) is 0 Å². The lowest BCUT2D eigenvalue weighted by Gasteiger charge is -2.45. The van der Waals surface area contributed by atoms with Crippen LogP contribution < -0.4 is 11.0 Å². The van der Waals surface area contributed by atoms with Crippen LogP contribution in [0.25, 0.3) is 11.0 Å². The number of piperidine rings is 3. The molecule has 25 heavy (non-hydrogen) atoms. The Morgan fingerprint density at radius 2 is 2.16 bits per heavy atom. The molecule has 2 N–H and O–H groups in total. The number of H-pyrrole nitrogens is 1. The molecule has 3 aliphatic heterocycles. The van der Waals surface area contributed by atoms with Crippen molar-refractivity contribution in [3.63, 3.8) is 0 Å². The van der Waals surface area contributed by atoms with Crippen molar-refractivity contribution in [2.24, 2.45) is 5.92 Å². The van der Waals surface area contributed by atoms with E-state index in [0.717, 1.165) is 12.5 Å². The number of methoxy groups -OCH3 is 1. The van der Waals surface area contributed by atoms with E-state index in [9.17, 15) is 9.59 Å². The van der Waals surface area contributed by atoms with Gasteiger partial charge in [-0.05, 0) is 44.0 Å². The number of rotatable bonds is 5. The first-order valence-electron chi connectivity index (χ1n) is 8.93. The lowest BCUT2D eigenvalue weighted by molar-refractivity contribution is 0.0602. The van der Waals surface area contributed by atoms with Gasteiger partial charge < -0.3 is 19.9 Å². The Balaban J connectivity index is 1.52. The van der Waals surface area contributed by atoms with Gasteiger partial charge in [-0.15, -0.1) is 0 Å². The van der Waals surface area contributed by atoms with E-state index >= 15 is 0 Å². The minimum Gasteiger partial charge on any atom is -0.465 e. The maximum absolute atomic E-state index is 12.3. The molecule has 1 unspecified atom stereocenters. The SMILES string of the molecule is COC(=O)c1cccc2[nH]c(=O)n(CCNC3CN4CCC3CC4)c12. The number of esters is 1.